The number of anilines is 1. The molecule has 0 saturated carbocycles. The van der Waals surface area contributed by atoms with E-state index in [2.05, 4.69) is 29.2 Å². The van der Waals surface area contributed by atoms with Gasteiger partial charge in [0.1, 0.15) is 23.4 Å². The van der Waals surface area contributed by atoms with Gasteiger partial charge in [-0.2, -0.15) is 0 Å². The lowest BCUT2D eigenvalue weighted by Gasteiger charge is -2.39. The monoisotopic (exact) mass is 639 g/mol. The molecule has 1 spiro atoms. The van der Waals surface area contributed by atoms with Crippen molar-refractivity contribution in [2.45, 2.75) is 43.6 Å². The molecule has 6 rings (SSSR count). The van der Waals surface area contributed by atoms with Crippen LogP contribution in [0.5, 0.6) is 11.5 Å². The average molecular weight is 640 g/mol. The molecule has 1 fully saturated rings. The minimum absolute atomic E-state index is 0.0661. The number of likely N-dealkylation sites (tertiary alicyclic amines) is 1. The Morgan fingerprint density at radius 1 is 0.979 bits per heavy atom. The van der Waals surface area contributed by atoms with Crippen LogP contribution in [-0.2, 0) is 30.8 Å². The smallest absolute Gasteiger partial charge is 0.409 e. The van der Waals surface area contributed by atoms with E-state index >= 15 is 0 Å². The summed E-state index contributed by atoms with van der Waals surface area (Å²) in [5, 5.41) is 1.93. The van der Waals surface area contributed by atoms with Crippen LogP contribution < -0.4 is 15.2 Å². The number of methoxy groups -OCH3 is 3. The van der Waals surface area contributed by atoms with E-state index in [1.807, 2.05) is 36.4 Å². The molecule has 0 bridgehead atoms. The molecule has 1 aromatic heterocycles. The molecule has 1 amide bonds. The van der Waals surface area contributed by atoms with E-state index in [1.54, 1.807) is 25.3 Å². The first-order valence-corrected chi connectivity index (χ1v) is 15.9. The normalized spacial score (nSPS) is 16.6. The van der Waals surface area contributed by atoms with Gasteiger partial charge in [-0.15, -0.1) is 0 Å². The van der Waals surface area contributed by atoms with Gasteiger partial charge in [0.25, 0.3) is 0 Å². The molecule has 0 radical (unpaired) electrons. The van der Waals surface area contributed by atoms with Crippen molar-refractivity contribution in [2.24, 2.45) is 0 Å². The van der Waals surface area contributed by atoms with Gasteiger partial charge in [0.15, 0.2) is 0 Å². The molecule has 1 atom stereocenters. The molecule has 4 aromatic rings. The molecule has 2 N–H and O–H groups in total. The number of rotatable bonds is 10. The zero-order valence-corrected chi connectivity index (χ0v) is 27.1. The van der Waals surface area contributed by atoms with E-state index in [-0.39, 0.29) is 30.0 Å². The van der Waals surface area contributed by atoms with Gasteiger partial charge in [0.2, 0.25) is 0 Å². The fourth-order valence-electron chi connectivity index (χ4n) is 7.03. The third-order valence-electron chi connectivity index (χ3n) is 9.48. The fraction of sp³-hybridized carbons (Fsp3) is 0.378. The molecular weight excluding hydrogens is 598 g/mol. The summed E-state index contributed by atoms with van der Waals surface area (Å²) >= 11 is 0. The van der Waals surface area contributed by atoms with E-state index in [9.17, 15) is 9.59 Å². The fourth-order valence-corrected chi connectivity index (χ4v) is 7.03. The van der Waals surface area contributed by atoms with Crippen molar-refractivity contribution in [3.63, 3.8) is 0 Å². The number of carbonyl (C=O) groups excluding carboxylic acids is 2. The lowest BCUT2D eigenvalue weighted by atomic mass is 9.73. The molecule has 1 unspecified atom stereocenters. The quantitative estimate of drug-likeness (QED) is 0.159. The van der Waals surface area contributed by atoms with Gasteiger partial charge in [0, 0.05) is 61.9 Å². The van der Waals surface area contributed by atoms with Gasteiger partial charge in [-0.25, -0.2) is 9.78 Å². The lowest BCUT2D eigenvalue weighted by Crippen LogP contribution is -2.44. The summed E-state index contributed by atoms with van der Waals surface area (Å²) in [4.78, 5) is 31.2. The number of ether oxygens (including phenoxy) is 5. The number of benzene rings is 3. The highest BCUT2D eigenvalue weighted by molar-refractivity contribution is 6.01. The Bertz CT molecular complexity index is 1770. The maximum atomic E-state index is 12.8. The highest BCUT2D eigenvalue weighted by atomic mass is 16.5. The SMILES string of the molecule is COCCCOC(=O)Cc1ccc(OC)cc1OC1CC2(CCN(C(=O)OC)CC2)c2ccc(-c3cccc4c(N)nccc34)cc21. The molecule has 2 heterocycles. The summed E-state index contributed by atoms with van der Waals surface area (Å²) in [6, 6.07) is 20.2. The average Bonchev–Trinajstić information content (AvgIpc) is 3.38. The first-order valence-electron chi connectivity index (χ1n) is 15.9. The maximum Gasteiger partial charge on any atom is 0.409 e. The summed E-state index contributed by atoms with van der Waals surface area (Å²) < 4.78 is 28.0. The number of nitrogens with two attached hydrogens (primary N) is 1. The summed E-state index contributed by atoms with van der Waals surface area (Å²) in [6.07, 6.45) is 4.11. The number of fused-ring (bicyclic) bond motifs is 3. The van der Waals surface area contributed by atoms with Crippen molar-refractivity contribution in [1.29, 1.82) is 0 Å². The van der Waals surface area contributed by atoms with Crippen LogP contribution in [-0.4, -0.2) is 69.6 Å². The standard InChI is InChI=1S/C37H41N3O7/c1-43-18-5-19-46-34(41)21-25-8-10-26(44-2)22-32(25)47-33-23-37(13-16-40(17-14-37)36(42)45-3)31-11-9-24(20-30(31)33)27-6-4-7-29-28(27)12-15-39-35(29)38/h4,6-12,15,20,22,33H,5,13-14,16-19,21,23H2,1-3H3,(H2,38,39). The summed E-state index contributed by atoms with van der Waals surface area (Å²) in [6.45, 7) is 2.00. The zero-order valence-electron chi connectivity index (χ0n) is 27.1. The molecule has 10 heteroatoms. The van der Waals surface area contributed by atoms with Crippen molar-refractivity contribution in [3.8, 4) is 22.6 Å². The van der Waals surface area contributed by atoms with E-state index in [4.69, 9.17) is 29.4 Å². The Balaban J connectivity index is 1.36. The molecular formula is C37H41N3O7. The number of nitrogen functional groups attached to an aromatic ring is 1. The Morgan fingerprint density at radius 3 is 2.57 bits per heavy atom. The second-order valence-electron chi connectivity index (χ2n) is 12.2. The Labute approximate surface area is 274 Å². The largest absolute Gasteiger partial charge is 0.497 e. The van der Waals surface area contributed by atoms with Gasteiger partial charge in [-0.3, -0.25) is 4.79 Å². The van der Waals surface area contributed by atoms with Gasteiger partial charge in [-0.1, -0.05) is 36.4 Å². The maximum absolute atomic E-state index is 12.8. The molecule has 246 valence electrons. The number of piperidine rings is 1. The second-order valence-corrected chi connectivity index (χ2v) is 12.2. The van der Waals surface area contributed by atoms with Crippen molar-refractivity contribution >= 4 is 28.7 Å². The van der Waals surface area contributed by atoms with Crippen LogP contribution >= 0.6 is 0 Å². The second kappa shape index (κ2) is 13.9. The van der Waals surface area contributed by atoms with Gasteiger partial charge < -0.3 is 34.3 Å². The Morgan fingerprint density at radius 2 is 1.81 bits per heavy atom. The van der Waals surface area contributed by atoms with Crippen molar-refractivity contribution in [1.82, 2.24) is 9.88 Å². The Kier molecular flexibility index (Phi) is 9.49. The van der Waals surface area contributed by atoms with E-state index in [0.29, 0.717) is 50.0 Å². The number of amides is 1. The van der Waals surface area contributed by atoms with Crippen molar-refractivity contribution in [3.05, 3.63) is 83.6 Å². The number of hydrogen-bond donors (Lipinski definition) is 1. The summed E-state index contributed by atoms with van der Waals surface area (Å²) in [7, 11) is 4.65. The molecule has 1 aliphatic heterocycles. The molecule has 3 aromatic carbocycles. The topological polar surface area (TPSA) is 122 Å². The van der Waals surface area contributed by atoms with Crippen LogP contribution in [0.3, 0.4) is 0 Å². The predicted molar refractivity (Wildman–Crippen MR) is 179 cm³/mol. The number of aromatic nitrogens is 1. The third-order valence-corrected chi connectivity index (χ3v) is 9.48. The highest BCUT2D eigenvalue weighted by Crippen LogP contribution is 2.53. The first-order chi connectivity index (χ1) is 22.9. The molecule has 47 heavy (non-hydrogen) atoms. The first kappa shape index (κ1) is 32.1. The van der Waals surface area contributed by atoms with Crippen molar-refractivity contribution < 1.29 is 33.3 Å². The van der Waals surface area contributed by atoms with E-state index in [0.717, 1.165) is 52.3 Å². The highest BCUT2D eigenvalue weighted by Gasteiger charge is 2.47. The number of nitrogens with zero attached hydrogens (tertiary/aromatic N) is 2. The van der Waals surface area contributed by atoms with Crippen LogP contribution in [0.1, 0.15) is 48.5 Å². The molecule has 2 aliphatic rings. The summed E-state index contributed by atoms with van der Waals surface area (Å²) in [5.41, 5.74) is 11.2. The van der Waals surface area contributed by atoms with Crippen LogP contribution in [0.15, 0.2) is 66.9 Å². The predicted octanol–water partition coefficient (Wildman–Crippen LogP) is 6.24. The third kappa shape index (κ3) is 6.55. The lowest BCUT2D eigenvalue weighted by molar-refractivity contribution is -0.143. The van der Waals surface area contributed by atoms with E-state index < -0.39 is 0 Å². The van der Waals surface area contributed by atoms with Gasteiger partial charge in [-0.05, 0) is 65.1 Å². The molecule has 1 saturated heterocycles. The van der Waals surface area contributed by atoms with Crippen LogP contribution in [0.25, 0.3) is 21.9 Å². The minimum Gasteiger partial charge on any atom is -0.497 e. The minimum atomic E-state index is -0.332. The number of esters is 1. The van der Waals surface area contributed by atoms with Crippen molar-refractivity contribution in [2.75, 3.05) is 53.4 Å². The number of hydrogen-bond acceptors (Lipinski definition) is 9. The van der Waals surface area contributed by atoms with E-state index in [1.165, 1.54) is 12.7 Å². The molecule has 10 nitrogen and oxygen atoms in total. The van der Waals surface area contributed by atoms with Crippen LogP contribution in [0, 0.1) is 0 Å². The Hall–Kier alpha value is -4.83. The zero-order chi connectivity index (χ0) is 33.0. The number of pyridine rings is 1. The van der Waals surface area contributed by atoms with Crippen LogP contribution in [0.2, 0.25) is 0 Å². The molecule has 1 aliphatic carbocycles. The van der Waals surface area contributed by atoms with Crippen LogP contribution in [0.4, 0.5) is 10.6 Å². The summed E-state index contributed by atoms with van der Waals surface area (Å²) in [5.74, 6) is 1.37. The van der Waals surface area contributed by atoms with Gasteiger partial charge >= 0.3 is 12.1 Å². The number of carbonyl (C=O) groups is 2. The van der Waals surface area contributed by atoms with Gasteiger partial charge in [0.05, 0.1) is 27.2 Å².